The van der Waals surface area contributed by atoms with E-state index < -0.39 is 12.2 Å². The normalized spacial score (nSPS) is 15.4. The molecule has 0 bridgehead atoms. The fraction of sp³-hybridized carbons (Fsp3) is 0.905. The second-order valence-corrected chi connectivity index (χ2v) is 7.77. The van der Waals surface area contributed by atoms with Gasteiger partial charge in [-0.05, 0) is 45.4 Å². The second-order valence-electron chi connectivity index (χ2n) is 7.77. The highest BCUT2D eigenvalue weighted by molar-refractivity contribution is 5.76. The summed E-state index contributed by atoms with van der Waals surface area (Å²) in [6.45, 7) is 8.63. The van der Waals surface area contributed by atoms with Crippen LogP contribution in [-0.4, -0.2) is 53.6 Å². The maximum atomic E-state index is 11.9. The molecule has 166 valence electrons. The molecule has 0 aromatic heterocycles. The van der Waals surface area contributed by atoms with Crippen LogP contribution < -0.4 is 10.6 Å². The van der Waals surface area contributed by atoms with Crippen LogP contribution in [-0.2, 0) is 9.53 Å². The topological polar surface area (TPSA) is 108 Å². The minimum Gasteiger partial charge on any atom is -0.446 e. The van der Waals surface area contributed by atoms with Crippen LogP contribution in [0.5, 0.6) is 0 Å². The lowest BCUT2D eigenvalue weighted by atomic mass is 9.95. The number of carbonyl (C=O) groups is 2. The van der Waals surface area contributed by atoms with Crippen LogP contribution in [0.15, 0.2) is 0 Å². The second kappa shape index (κ2) is 16.6. The Morgan fingerprint density at radius 1 is 0.857 bits per heavy atom. The maximum absolute atomic E-state index is 11.9. The summed E-state index contributed by atoms with van der Waals surface area (Å²) in [5.74, 6) is 0.290. The van der Waals surface area contributed by atoms with Gasteiger partial charge >= 0.3 is 6.09 Å². The van der Waals surface area contributed by atoms with Crippen LogP contribution in [0.3, 0.4) is 0 Å². The van der Waals surface area contributed by atoms with Crippen molar-refractivity contribution in [3.63, 3.8) is 0 Å². The Balaban J connectivity index is 3.66. The van der Waals surface area contributed by atoms with Crippen molar-refractivity contribution in [2.24, 2.45) is 5.92 Å². The van der Waals surface area contributed by atoms with E-state index in [0.29, 0.717) is 38.8 Å². The molecule has 0 heterocycles. The van der Waals surface area contributed by atoms with Crippen LogP contribution in [0.4, 0.5) is 4.79 Å². The third kappa shape index (κ3) is 15.7. The van der Waals surface area contributed by atoms with E-state index in [9.17, 15) is 19.8 Å². The quantitative estimate of drug-likeness (QED) is 0.297. The van der Waals surface area contributed by atoms with E-state index in [0.717, 1.165) is 32.1 Å². The number of alkyl carbamates (subject to hydrolysis) is 1. The zero-order valence-electron chi connectivity index (χ0n) is 18.2. The fourth-order valence-electron chi connectivity index (χ4n) is 3.10. The molecule has 7 nitrogen and oxygen atoms in total. The van der Waals surface area contributed by atoms with E-state index in [2.05, 4.69) is 10.6 Å². The number of aliphatic hydroxyl groups excluding tert-OH is 2. The molecule has 0 rings (SSSR count). The van der Waals surface area contributed by atoms with E-state index in [1.54, 1.807) is 13.8 Å². The zero-order valence-corrected chi connectivity index (χ0v) is 18.2. The summed E-state index contributed by atoms with van der Waals surface area (Å²) < 4.78 is 5.27. The lowest BCUT2D eigenvalue weighted by Gasteiger charge is -2.17. The van der Waals surface area contributed by atoms with Crippen molar-refractivity contribution in [3.05, 3.63) is 0 Å². The van der Waals surface area contributed by atoms with Gasteiger partial charge in [-0.3, -0.25) is 4.79 Å². The zero-order chi connectivity index (χ0) is 21.4. The van der Waals surface area contributed by atoms with Gasteiger partial charge in [-0.2, -0.15) is 0 Å². The minimum atomic E-state index is -0.482. The van der Waals surface area contributed by atoms with Gasteiger partial charge < -0.3 is 25.6 Å². The molecular weight excluding hydrogens is 360 g/mol. The average Bonchev–Trinajstić information content (AvgIpc) is 2.61. The minimum absolute atomic E-state index is 0.0552. The number of amides is 2. The Morgan fingerprint density at radius 3 is 1.93 bits per heavy atom. The van der Waals surface area contributed by atoms with Gasteiger partial charge in [0.2, 0.25) is 5.91 Å². The Labute approximate surface area is 170 Å². The van der Waals surface area contributed by atoms with Crippen molar-refractivity contribution in [1.29, 1.82) is 0 Å². The molecule has 0 radical (unpaired) electrons. The van der Waals surface area contributed by atoms with Gasteiger partial charge in [-0.25, -0.2) is 4.79 Å². The van der Waals surface area contributed by atoms with Crippen LogP contribution in [0.2, 0.25) is 0 Å². The Hall–Kier alpha value is -1.34. The number of unbranched alkanes of at least 4 members (excludes halogenated alkanes) is 3. The summed E-state index contributed by atoms with van der Waals surface area (Å²) >= 11 is 0. The first kappa shape index (κ1) is 26.7. The third-order valence-electron chi connectivity index (χ3n) is 4.75. The molecule has 4 N–H and O–H groups in total. The first-order valence-corrected chi connectivity index (χ1v) is 10.9. The predicted molar refractivity (Wildman–Crippen MR) is 111 cm³/mol. The first-order chi connectivity index (χ1) is 13.3. The molecular formula is C21H42N2O5. The summed E-state index contributed by atoms with van der Waals surface area (Å²) in [6.07, 6.45) is 5.37. The van der Waals surface area contributed by atoms with Crippen molar-refractivity contribution in [3.8, 4) is 0 Å². The highest BCUT2D eigenvalue weighted by Crippen LogP contribution is 2.15. The Kier molecular flexibility index (Phi) is 15.8. The predicted octanol–water partition coefficient (Wildman–Crippen LogP) is 3.13. The average molecular weight is 403 g/mol. The van der Waals surface area contributed by atoms with E-state index in [1.807, 2.05) is 13.8 Å². The van der Waals surface area contributed by atoms with Gasteiger partial charge in [0, 0.05) is 25.9 Å². The number of ether oxygens (including phenoxy) is 1. The number of hydrogen-bond donors (Lipinski definition) is 4. The summed E-state index contributed by atoms with van der Waals surface area (Å²) in [7, 11) is 0. The Bertz CT molecular complexity index is 378. The molecule has 0 aromatic carbocycles. The van der Waals surface area contributed by atoms with E-state index in [1.165, 1.54) is 0 Å². The molecule has 0 aliphatic rings. The van der Waals surface area contributed by atoms with Gasteiger partial charge in [-0.1, -0.05) is 33.1 Å². The summed E-state index contributed by atoms with van der Waals surface area (Å²) in [5, 5.41) is 24.5. The highest BCUT2D eigenvalue weighted by atomic mass is 16.6. The molecule has 7 heteroatoms. The maximum Gasteiger partial charge on any atom is 0.407 e. The molecule has 0 aromatic rings. The van der Waals surface area contributed by atoms with Gasteiger partial charge in [-0.15, -0.1) is 0 Å². The molecule has 28 heavy (non-hydrogen) atoms. The van der Waals surface area contributed by atoms with E-state index >= 15 is 0 Å². The van der Waals surface area contributed by atoms with E-state index in [4.69, 9.17) is 4.74 Å². The van der Waals surface area contributed by atoms with E-state index in [-0.39, 0.29) is 24.0 Å². The molecule has 4 atom stereocenters. The summed E-state index contributed by atoms with van der Waals surface area (Å²) in [6, 6.07) is 0. The fourth-order valence-corrected chi connectivity index (χ4v) is 3.10. The standard InChI is InChI=1S/C21H42N2O5/c1-5-18(13-16(3)24)15-20(26)22-11-9-7-8-10-12-23-21(27)28-19(6-2)14-17(4)25/h16-19,24-25H,5-15H2,1-4H3,(H,22,26)(H,23,27). The van der Waals surface area contributed by atoms with Crippen molar-refractivity contribution in [2.75, 3.05) is 13.1 Å². The lowest BCUT2D eigenvalue weighted by Crippen LogP contribution is -2.31. The van der Waals surface area contributed by atoms with Crippen molar-refractivity contribution >= 4 is 12.0 Å². The van der Waals surface area contributed by atoms with Gasteiger partial charge in [0.05, 0.1) is 12.2 Å². The number of rotatable bonds is 16. The number of aliphatic hydroxyl groups is 2. The SMILES string of the molecule is CCC(CC(=O)NCCCCCCNC(=O)OC(CC)CC(C)O)CC(C)O. The number of hydrogen-bond acceptors (Lipinski definition) is 5. The highest BCUT2D eigenvalue weighted by Gasteiger charge is 2.15. The molecule has 0 aliphatic heterocycles. The number of nitrogens with one attached hydrogen (secondary N) is 2. The largest absolute Gasteiger partial charge is 0.446 e. The van der Waals surface area contributed by atoms with Gasteiger partial charge in [0.1, 0.15) is 6.10 Å². The van der Waals surface area contributed by atoms with Crippen LogP contribution >= 0.6 is 0 Å². The van der Waals surface area contributed by atoms with Crippen LogP contribution in [0.1, 0.15) is 85.5 Å². The molecule has 0 aliphatic carbocycles. The summed E-state index contributed by atoms with van der Waals surface area (Å²) in [5.41, 5.74) is 0. The molecule has 0 spiro atoms. The van der Waals surface area contributed by atoms with Crippen LogP contribution in [0.25, 0.3) is 0 Å². The Morgan fingerprint density at radius 2 is 1.43 bits per heavy atom. The lowest BCUT2D eigenvalue weighted by molar-refractivity contribution is -0.122. The van der Waals surface area contributed by atoms with Crippen molar-refractivity contribution in [2.45, 2.75) is 104 Å². The molecule has 4 unspecified atom stereocenters. The smallest absolute Gasteiger partial charge is 0.407 e. The van der Waals surface area contributed by atoms with Gasteiger partial charge in [0.15, 0.2) is 0 Å². The molecule has 0 saturated heterocycles. The molecule has 0 saturated carbocycles. The first-order valence-electron chi connectivity index (χ1n) is 10.9. The van der Waals surface area contributed by atoms with Gasteiger partial charge in [0.25, 0.3) is 0 Å². The summed E-state index contributed by atoms with van der Waals surface area (Å²) in [4.78, 5) is 23.6. The van der Waals surface area contributed by atoms with Crippen molar-refractivity contribution < 1.29 is 24.5 Å². The third-order valence-corrected chi connectivity index (χ3v) is 4.75. The molecule has 0 fully saturated rings. The van der Waals surface area contributed by atoms with Crippen molar-refractivity contribution in [1.82, 2.24) is 10.6 Å². The monoisotopic (exact) mass is 402 g/mol. The number of carbonyl (C=O) groups excluding carboxylic acids is 2. The molecule has 2 amide bonds. The van der Waals surface area contributed by atoms with Crippen LogP contribution in [0, 0.1) is 5.92 Å².